The molecule has 5 heteroatoms. The summed E-state index contributed by atoms with van der Waals surface area (Å²) in [6.07, 6.45) is 7.03. The normalized spacial score (nSPS) is 10.4. The molecule has 0 aliphatic rings. The zero-order valence-electron chi connectivity index (χ0n) is 7.88. The van der Waals surface area contributed by atoms with Crippen LogP contribution in [0.4, 0.5) is 5.82 Å². The summed E-state index contributed by atoms with van der Waals surface area (Å²) < 4.78 is 1.89. The topological polar surface area (TPSA) is 69.6 Å². The van der Waals surface area contributed by atoms with Gasteiger partial charge in [-0.3, -0.25) is 0 Å². The third-order valence-electron chi connectivity index (χ3n) is 1.94. The van der Waals surface area contributed by atoms with Crippen molar-refractivity contribution in [2.24, 2.45) is 0 Å². The van der Waals surface area contributed by atoms with E-state index in [4.69, 9.17) is 5.73 Å². The first-order chi connectivity index (χ1) is 6.75. The van der Waals surface area contributed by atoms with E-state index in [1.807, 2.05) is 17.7 Å². The van der Waals surface area contributed by atoms with Crippen LogP contribution in [0.25, 0.3) is 0 Å². The summed E-state index contributed by atoms with van der Waals surface area (Å²) in [4.78, 5) is 12.3. The first-order valence-electron chi connectivity index (χ1n) is 4.29. The van der Waals surface area contributed by atoms with Crippen molar-refractivity contribution in [2.45, 2.75) is 13.5 Å². The largest absolute Gasteiger partial charge is 0.383 e. The molecule has 0 fully saturated rings. The predicted molar refractivity (Wildman–Crippen MR) is 52.5 cm³/mol. The highest BCUT2D eigenvalue weighted by molar-refractivity contribution is 5.35. The lowest BCUT2D eigenvalue weighted by Crippen LogP contribution is -2.05. The monoisotopic (exact) mass is 189 g/mol. The van der Waals surface area contributed by atoms with E-state index in [2.05, 4.69) is 15.0 Å². The Morgan fingerprint density at radius 3 is 3.00 bits per heavy atom. The molecule has 14 heavy (non-hydrogen) atoms. The van der Waals surface area contributed by atoms with Gasteiger partial charge in [-0.05, 0) is 6.92 Å². The molecule has 0 aliphatic carbocycles. The summed E-state index contributed by atoms with van der Waals surface area (Å²) in [5.41, 5.74) is 6.58. The van der Waals surface area contributed by atoms with Gasteiger partial charge >= 0.3 is 0 Å². The Morgan fingerprint density at radius 2 is 2.36 bits per heavy atom. The van der Waals surface area contributed by atoms with E-state index < -0.39 is 0 Å². The summed E-state index contributed by atoms with van der Waals surface area (Å²) in [5.74, 6) is 1.24. The van der Waals surface area contributed by atoms with Crippen LogP contribution in [0, 0.1) is 6.92 Å². The molecule has 0 amide bonds. The smallest absolute Gasteiger partial charge is 0.150 e. The van der Waals surface area contributed by atoms with Gasteiger partial charge in [-0.15, -0.1) is 0 Å². The molecular weight excluding hydrogens is 178 g/mol. The van der Waals surface area contributed by atoms with Gasteiger partial charge in [0.05, 0.1) is 12.9 Å². The standard InChI is InChI=1S/C9H11N5/c1-7-4-12-8(13-9(7)10)5-14-3-2-11-6-14/h2-4,6H,5H2,1H3,(H2,10,12,13). The molecule has 0 saturated carbocycles. The number of aromatic nitrogens is 4. The number of hydrogen-bond acceptors (Lipinski definition) is 4. The van der Waals surface area contributed by atoms with E-state index in [1.54, 1.807) is 18.7 Å². The molecule has 0 unspecified atom stereocenters. The highest BCUT2D eigenvalue weighted by Gasteiger charge is 2.00. The van der Waals surface area contributed by atoms with E-state index in [0.717, 1.165) is 5.56 Å². The van der Waals surface area contributed by atoms with Gasteiger partial charge in [-0.2, -0.15) is 0 Å². The molecule has 2 N–H and O–H groups in total. The molecule has 0 spiro atoms. The summed E-state index contributed by atoms with van der Waals surface area (Å²) in [5, 5.41) is 0. The minimum atomic E-state index is 0.537. The molecular formula is C9H11N5. The maximum absolute atomic E-state index is 5.67. The van der Waals surface area contributed by atoms with Crippen molar-refractivity contribution >= 4 is 5.82 Å². The number of nitrogens with zero attached hydrogens (tertiary/aromatic N) is 4. The fourth-order valence-corrected chi connectivity index (χ4v) is 1.11. The van der Waals surface area contributed by atoms with Gasteiger partial charge in [0.1, 0.15) is 11.6 Å². The molecule has 0 aromatic carbocycles. The van der Waals surface area contributed by atoms with Crippen LogP contribution in [-0.4, -0.2) is 19.5 Å². The second-order valence-corrected chi connectivity index (χ2v) is 3.09. The summed E-state index contributed by atoms with van der Waals surface area (Å²) in [6.45, 7) is 2.49. The third-order valence-corrected chi connectivity index (χ3v) is 1.94. The zero-order valence-corrected chi connectivity index (χ0v) is 7.88. The van der Waals surface area contributed by atoms with Gasteiger partial charge < -0.3 is 10.3 Å². The van der Waals surface area contributed by atoms with Gasteiger partial charge in [0.25, 0.3) is 0 Å². The van der Waals surface area contributed by atoms with Crippen molar-refractivity contribution in [3.8, 4) is 0 Å². The van der Waals surface area contributed by atoms with Crippen molar-refractivity contribution in [3.63, 3.8) is 0 Å². The molecule has 0 saturated heterocycles. The van der Waals surface area contributed by atoms with Crippen LogP contribution in [-0.2, 0) is 6.54 Å². The fourth-order valence-electron chi connectivity index (χ4n) is 1.11. The Balaban J connectivity index is 2.22. The molecule has 0 aliphatic heterocycles. The fraction of sp³-hybridized carbons (Fsp3) is 0.222. The zero-order chi connectivity index (χ0) is 9.97. The molecule has 0 radical (unpaired) electrons. The second kappa shape index (κ2) is 3.45. The number of nitrogen functional groups attached to an aromatic ring is 1. The Bertz CT molecular complexity index is 421. The number of anilines is 1. The lowest BCUT2D eigenvalue weighted by Gasteiger charge is -2.03. The Morgan fingerprint density at radius 1 is 1.50 bits per heavy atom. The highest BCUT2D eigenvalue weighted by atomic mass is 15.1. The van der Waals surface area contributed by atoms with Crippen molar-refractivity contribution in [3.05, 3.63) is 36.3 Å². The van der Waals surface area contributed by atoms with Gasteiger partial charge in [-0.25, -0.2) is 15.0 Å². The Labute approximate surface area is 81.6 Å². The highest BCUT2D eigenvalue weighted by Crippen LogP contribution is 2.05. The quantitative estimate of drug-likeness (QED) is 0.751. The maximum Gasteiger partial charge on any atom is 0.150 e. The number of nitrogens with two attached hydrogens (primary N) is 1. The minimum absolute atomic E-state index is 0.537. The number of hydrogen-bond donors (Lipinski definition) is 1. The number of aryl methyl sites for hydroxylation is 1. The minimum Gasteiger partial charge on any atom is -0.383 e. The lowest BCUT2D eigenvalue weighted by molar-refractivity contribution is 0.743. The second-order valence-electron chi connectivity index (χ2n) is 3.09. The Kier molecular flexibility index (Phi) is 2.14. The molecule has 0 atom stereocenters. The number of rotatable bonds is 2. The summed E-state index contributed by atoms with van der Waals surface area (Å²) in [7, 11) is 0. The van der Waals surface area contributed by atoms with Gasteiger partial charge in [-0.1, -0.05) is 0 Å². The van der Waals surface area contributed by atoms with E-state index in [-0.39, 0.29) is 0 Å². The van der Waals surface area contributed by atoms with E-state index in [9.17, 15) is 0 Å². The Hall–Kier alpha value is -1.91. The molecule has 5 nitrogen and oxygen atoms in total. The average Bonchev–Trinajstić information content (AvgIpc) is 2.64. The first-order valence-corrected chi connectivity index (χ1v) is 4.29. The lowest BCUT2D eigenvalue weighted by atomic mass is 10.3. The predicted octanol–water partition coefficient (Wildman–Crippen LogP) is 0.612. The summed E-state index contributed by atoms with van der Waals surface area (Å²) in [6, 6.07) is 0. The van der Waals surface area contributed by atoms with E-state index in [0.29, 0.717) is 18.2 Å². The van der Waals surface area contributed by atoms with Crippen molar-refractivity contribution in [2.75, 3.05) is 5.73 Å². The summed E-state index contributed by atoms with van der Waals surface area (Å²) >= 11 is 0. The van der Waals surface area contributed by atoms with Crippen LogP contribution >= 0.6 is 0 Å². The first kappa shape index (κ1) is 8.68. The third kappa shape index (κ3) is 1.71. The van der Waals surface area contributed by atoms with Crippen LogP contribution < -0.4 is 5.73 Å². The van der Waals surface area contributed by atoms with Crippen molar-refractivity contribution in [1.29, 1.82) is 0 Å². The molecule has 0 bridgehead atoms. The molecule has 2 aromatic heterocycles. The SMILES string of the molecule is Cc1cnc(Cn2ccnc2)nc1N. The van der Waals surface area contributed by atoms with Crippen LogP contribution in [0.5, 0.6) is 0 Å². The number of imidazole rings is 1. The molecule has 2 aromatic rings. The van der Waals surface area contributed by atoms with Crippen LogP contribution in [0.15, 0.2) is 24.9 Å². The van der Waals surface area contributed by atoms with Crippen LogP contribution in [0.2, 0.25) is 0 Å². The van der Waals surface area contributed by atoms with Crippen LogP contribution in [0.1, 0.15) is 11.4 Å². The van der Waals surface area contributed by atoms with E-state index in [1.165, 1.54) is 0 Å². The molecule has 2 heterocycles. The molecule has 2 rings (SSSR count). The average molecular weight is 189 g/mol. The van der Waals surface area contributed by atoms with Crippen molar-refractivity contribution < 1.29 is 0 Å². The van der Waals surface area contributed by atoms with Gasteiger partial charge in [0, 0.05) is 24.2 Å². The van der Waals surface area contributed by atoms with Crippen molar-refractivity contribution in [1.82, 2.24) is 19.5 Å². The van der Waals surface area contributed by atoms with Gasteiger partial charge in [0.2, 0.25) is 0 Å². The maximum atomic E-state index is 5.67. The van der Waals surface area contributed by atoms with E-state index >= 15 is 0 Å². The molecule has 72 valence electrons. The van der Waals surface area contributed by atoms with Gasteiger partial charge in [0.15, 0.2) is 0 Å². The van der Waals surface area contributed by atoms with Crippen LogP contribution in [0.3, 0.4) is 0 Å².